The van der Waals surface area contributed by atoms with Crippen LogP contribution in [0.15, 0.2) is 16.6 Å². The van der Waals surface area contributed by atoms with Gasteiger partial charge < -0.3 is 24.0 Å². The number of aliphatic hydroxyl groups excluding tert-OH is 1. The Bertz CT molecular complexity index is 799. The molecule has 1 heterocycles. The average molecular weight is 441 g/mol. The number of halogens is 1. The molecule has 2 rings (SSSR count). The van der Waals surface area contributed by atoms with Crippen molar-refractivity contribution in [2.45, 2.75) is 40.3 Å². The van der Waals surface area contributed by atoms with Crippen LogP contribution >= 0.6 is 15.9 Å². The highest BCUT2D eigenvalue weighted by Crippen LogP contribution is 2.35. The van der Waals surface area contributed by atoms with Crippen LogP contribution in [0.4, 0.5) is 0 Å². The molecule has 6 nitrogen and oxygen atoms in total. The Hall–Kier alpha value is -1.57. The van der Waals surface area contributed by atoms with Crippen LogP contribution in [0.5, 0.6) is 5.75 Å². The van der Waals surface area contributed by atoms with Crippen LogP contribution in [0.3, 0.4) is 0 Å². The van der Waals surface area contributed by atoms with Crippen molar-refractivity contribution in [2.24, 2.45) is 0 Å². The van der Waals surface area contributed by atoms with Crippen molar-refractivity contribution in [3.8, 4) is 5.75 Å². The lowest BCUT2D eigenvalue weighted by Crippen LogP contribution is -2.34. The van der Waals surface area contributed by atoms with Crippen molar-refractivity contribution in [1.82, 2.24) is 9.47 Å². The van der Waals surface area contributed by atoms with Crippen LogP contribution in [-0.4, -0.2) is 60.0 Å². The highest BCUT2D eigenvalue weighted by molar-refractivity contribution is 9.10. The summed E-state index contributed by atoms with van der Waals surface area (Å²) in [6, 6.07) is 3.76. The maximum Gasteiger partial charge on any atom is 0.340 e. The van der Waals surface area contributed by atoms with E-state index in [1.54, 1.807) is 14.0 Å². The molecule has 0 saturated carbocycles. The zero-order chi connectivity index (χ0) is 20.1. The molecule has 150 valence electrons. The second-order valence-corrected chi connectivity index (χ2v) is 7.29. The van der Waals surface area contributed by atoms with Crippen molar-refractivity contribution in [3.63, 3.8) is 0 Å². The predicted octanol–water partition coefficient (Wildman–Crippen LogP) is 3.60. The van der Waals surface area contributed by atoms with Crippen molar-refractivity contribution >= 4 is 32.8 Å². The molecule has 0 fully saturated rings. The molecule has 0 aliphatic rings. The molecule has 0 aliphatic heterocycles. The molecule has 1 aromatic carbocycles. The van der Waals surface area contributed by atoms with E-state index in [0.29, 0.717) is 31.0 Å². The number of hydrogen-bond donors (Lipinski definition) is 1. The molecule has 0 saturated heterocycles. The Balaban J connectivity index is 2.53. The van der Waals surface area contributed by atoms with Crippen LogP contribution in [0.2, 0.25) is 0 Å². The number of ether oxygens (including phenoxy) is 2. The van der Waals surface area contributed by atoms with Gasteiger partial charge >= 0.3 is 5.97 Å². The summed E-state index contributed by atoms with van der Waals surface area (Å²) in [7, 11) is 1.59. The summed E-state index contributed by atoms with van der Waals surface area (Å²) in [5.41, 5.74) is 2.16. The van der Waals surface area contributed by atoms with E-state index in [-0.39, 0.29) is 5.97 Å². The SMILES string of the molecule is CCOC(=O)c1c(C)n(C[C@H](O)CN(CC)CC)c2cc(Br)c(OC)cc12. The summed E-state index contributed by atoms with van der Waals surface area (Å²) < 4.78 is 13.4. The van der Waals surface area contributed by atoms with E-state index in [4.69, 9.17) is 9.47 Å². The van der Waals surface area contributed by atoms with E-state index in [9.17, 15) is 9.90 Å². The molecule has 0 unspecified atom stereocenters. The number of aromatic nitrogens is 1. The van der Waals surface area contributed by atoms with E-state index in [1.165, 1.54) is 0 Å². The molecule has 0 radical (unpaired) electrons. The number of methoxy groups -OCH3 is 1. The minimum absolute atomic E-state index is 0.309. The number of aliphatic hydroxyl groups is 1. The van der Waals surface area contributed by atoms with Gasteiger partial charge in [0.1, 0.15) is 5.75 Å². The number of nitrogens with zero attached hydrogens (tertiary/aromatic N) is 2. The van der Waals surface area contributed by atoms with Gasteiger partial charge in [0.2, 0.25) is 0 Å². The molecule has 1 N–H and O–H groups in total. The number of esters is 1. The Morgan fingerprint density at radius 2 is 1.96 bits per heavy atom. The number of hydrogen-bond acceptors (Lipinski definition) is 5. The van der Waals surface area contributed by atoms with Crippen LogP contribution in [0, 0.1) is 6.92 Å². The quantitative estimate of drug-likeness (QED) is 0.603. The van der Waals surface area contributed by atoms with Crippen molar-refractivity contribution < 1.29 is 19.4 Å². The van der Waals surface area contributed by atoms with Crippen LogP contribution < -0.4 is 4.74 Å². The zero-order valence-electron chi connectivity index (χ0n) is 16.7. The van der Waals surface area contributed by atoms with Crippen molar-refractivity contribution in [1.29, 1.82) is 0 Å². The lowest BCUT2D eigenvalue weighted by Gasteiger charge is -2.23. The van der Waals surface area contributed by atoms with Gasteiger partial charge in [-0.1, -0.05) is 13.8 Å². The molecular formula is C20H29BrN2O4. The Morgan fingerprint density at radius 1 is 1.30 bits per heavy atom. The Kier molecular flexibility index (Phi) is 7.70. The van der Waals surface area contributed by atoms with E-state index in [2.05, 4.69) is 34.7 Å². The number of carbonyl (C=O) groups excluding carboxylic acids is 1. The Morgan fingerprint density at radius 3 is 2.52 bits per heavy atom. The third kappa shape index (κ3) is 4.65. The molecule has 1 atom stereocenters. The molecule has 1 aromatic heterocycles. The molecule has 2 aromatic rings. The van der Waals surface area contributed by atoms with E-state index >= 15 is 0 Å². The second kappa shape index (κ2) is 9.57. The van der Waals surface area contributed by atoms with Gasteiger partial charge in [-0.2, -0.15) is 0 Å². The third-order valence-electron chi connectivity index (χ3n) is 4.83. The average Bonchev–Trinajstić information content (AvgIpc) is 2.90. The fourth-order valence-electron chi connectivity index (χ4n) is 3.38. The fraction of sp³-hybridized carbons (Fsp3) is 0.550. The minimum Gasteiger partial charge on any atom is -0.496 e. The predicted molar refractivity (Wildman–Crippen MR) is 111 cm³/mol. The number of fused-ring (bicyclic) bond motifs is 1. The van der Waals surface area contributed by atoms with Gasteiger partial charge in [0, 0.05) is 17.6 Å². The largest absolute Gasteiger partial charge is 0.496 e. The van der Waals surface area contributed by atoms with Gasteiger partial charge in [0.05, 0.1) is 41.9 Å². The zero-order valence-corrected chi connectivity index (χ0v) is 18.3. The molecule has 7 heteroatoms. The fourth-order valence-corrected chi connectivity index (χ4v) is 3.87. The molecule has 27 heavy (non-hydrogen) atoms. The van der Waals surface area contributed by atoms with Gasteiger partial charge in [0.15, 0.2) is 0 Å². The van der Waals surface area contributed by atoms with E-state index < -0.39 is 6.10 Å². The van der Waals surface area contributed by atoms with Crippen molar-refractivity contribution in [2.75, 3.05) is 33.4 Å². The molecular weight excluding hydrogens is 412 g/mol. The molecule has 0 bridgehead atoms. The minimum atomic E-state index is -0.546. The maximum atomic E-state index is 12.6. The standard InChI is InChI=1S/C20H29BrN2O4/c1-6-22(7-2)11-14(24)12-23-13(4)19(20(25)27-8-3)15-9-18(26-5)16(21)10-17(15)23/h9-10,14,24H,6-8,11-12H2,1-5H3/t14-/m1/s1. The van der Waals surface area contributed by atoms with Gasteiger partial charge in [0.25, 0.3) is 0 Å². The summed E-state index contributed by atoms with van der Waals surface area (Å²) in [6.45, 7) is 10.9. The van der Waals surface area contributed by atoms with Crippen LogP contribution in [-0.2, 0) is 11.3 Å². The van der Waals surface area contributed by atoms with E-state index in [0.717, 1.165) is 34.2 Å². The van der Waals surface area contributed by atoms with Crippen molar-refractivity contribution in [3.05, 3.63) is 27.9 Å². The first-order valence-electron chi connectivity index (χ1n) is 9.31. The van der Waals surface area contributed by atoms with E-state index in [1.807, 2.05) is 23.6 Å². The molecule has 0 spiro atoms. The van der Waals surface area contributed by atoms with Gasteiger partial charge in [-0.05, 0) is 55.0 Å². The molecule has 0 aliphatic carbocycles. The second-order valence-electron chi connectivity index (χ2n) is 6.44. The van der Waals surface area contributed by atoms with Crippen LogP contribution in [0.25, 0.3) is 10.9 Å². The topological polar surface area (TPSA) is 63.9 Å². The Labute approximate surface area is 169 Å². The number of carbonyl (C=O) groups is 1. The normalized spacial score (nSPS) is 12.6. The van der Waals surface area contributed by atoms with Gasteiger partial charge in [-0.3, -0.25) is 0 Å². The molecule has 0 amide bonds. The number of rotatable bonds is 9. The first-order valence-corrected chi connectivity index (χ1v) is 10.1. The summed E-state index contributed by atoms with van der Waals surface area (Å²) in [5, 5.41) is 11.4. The maximum absolute atomic E-state index is 12.6. The summed E-state index contributed by atoms with van der Waals surface area (Å²) in [4.78, 5) is 14.8. The van der Waals surface area contributed by atoms with Crippen LogP contribution in [0.1, 0.15) is 36.8 Å². The summed E-state index contributed by atoms with van der Waals surface area (Å²) >= 11 is 3.52. The highest BCUT2D eigenvalue weighted by Gasteiger charge is 2.24. The first kappa shape index (κ1) is 21.7. The third-order valence-corrected chi connectivity index (χ3v) is 5.45. The highest BCUT2D eigenvalue weighted by atomic mass is 79.9. The van der Waals surface area contributed by atoms with Gasteiger partial charge in [-0.25, -0.2) is 4.79 Å². The summed E-state index contributed by atoms with van der Waals surface area (Å²) in [6.07, 6.45) is -0.546. The smallest absolute Gasteiger partial charge is 0.340 e. The lowest BCUT2D eigenvalue weighted by atomic mass is 10.1. The summed E-state index contributed by atoms with van der Waals surface area (Å²) in [5.74, 6) is 0.287. The number of benzene rings is 1. The monoisotopic (exact) mass is 440 g/mol. The number of likely N-dealkylation sites (N-methyl/N-ethyl adjacent to an activating group) is 1. The lowest BCUT2D eigenvalue weighted by molar-refractivity contribution is 0.0526. The van der Waals surface area contributed by atoms with Gasteiger partial charge in [-0.15, -0.1) is 0 Å². The first-order chi connectivity index (χ1) is 12.9.